The highest BCUT2D eigenvalue weighted by molar-refractivity contribution is 6.10. The van der Waals surface area contributed by atoms with Gasteiger partial charge in [0.2, 0.25) is 0 Å². The molecule has 0 radical (unpaired) electrons. The molecule has 1 spiro atoms. The molecule has 0 amide bonds. The average molecular weight is 818 g/mol. The van der Waals surface area contributed by atoms with E-state index in [4.69, 9.17) is 9.15 Å². The number of anilines is 3. The molecule has 0 fully saturated rings. The zero-order valence-corrected chi connectivity index (χ0v) is 34.8. The first kappa shape index (κ1) is 36.3. The number of furan rings is 1. The van der Waals surface area contributed by atoms with E-state index in [2.05, 4.69) is 235 Å². The fraction of sp³-hybridized carbons (Fsp3) is 0.0164. The third-order valence-electron chi connectivity index (χ3n) is 13.4. The molecule has 3 heteroatoms. The van der Waals surface area contributed by atoms with Crippen molar-refractivity contribution >= 4 is 39.0 Å². The van der Waals surface area contributed by atoms with Crippen LogP contribution in [0.3, 0.4) is 0 Å². The van der Waals surface area contributed by atoms with Crippen LogP contribution in [0.15, 0.2) is 241 Å². The van der Waals surface area contributed by atoms with Gasteiger partial charge in [0.25, 0.3) is 0 Å². The lowest BCUT2D eigenvalue weighted by Gasteiger charge is -2.39. The number of nitrogens with zero attached hydrogens (tertiary/aromatic N) is 1. The minimum atomic E-state index is -0.572. The molecule has 13 rings (SSSR count). The van der Waals surface area contributed by atoms with Gasteiger partial charge in [0.15, 0.2) is 0 Å². The van der Waals surface area contributed by atoms with E-state index < -0.39 is 5.41 Å². The molecular formula is C61H39NO2. The average Bonchev–Trinajstić information content (AvgIpc) is 3.88. The first-order chi connectivity index (χ1) is 31.7. The van der Waals surface area contributed by atoms with Gasteiger partial charge >= 0.3 is 0 Å². The van der Waals surface area contributed by atoms with Crippen LogP contribution in [0.4, 0.5) is 17.1 Å². The van der Waals surface area contributed by atoms with E-state index in [0.29, 0.717) is 0 Å². The normalized spacial score (nSPS) is 12.9. The summed E-state index contributed by atoms with van der Waals surface area (Å²) >= 11 is 0. The van der Waals surface area contributed by atoms with Gasteiger partial charge in [-0.1, -0.05) is 176 Å². The minimum Gasteiger partial charge on any atom is -0.457 e. The number of para-hydroxylation sites is 3. The van der Waals surface area contributed by atoms with E-state index >= 15 is 0 Å². The molecule has 10 aromatic carbocycles. The predicted molar refractivity (Wildman–Crippen MR) is 262 cm³/mol. The van der Waals surface area contributed by atoms with Gasteiger partial charge in [-0.3, -0.25) is 0 Å². The highest BCUT2D eigenvalue weighted by Crippen LogP contribution is 2.62. The van der Waals surface area contributed by atoms with Gasteiger partial charge in [-0.05, 0) is 111 Å². The summed E-state index contributed by atoms with van der Waals surface area (Å²) in [5.41, 5.74) is 18.6. The van der Waals surface area contributed by atoms with Crippen LogP contribution in [0.5, 0.6) is 11.5 Å². The molecule has 3 nitrogen and oxygen atoms in total. The van der Waals surface area contributed by atoms with Gasteiger partial charge in [-0.15, -0.1) is 0 Å². The van der Waals surface area contributed by atoms with Crippen LogP contribution in [0.1, 0.15) is 22.3 Å². The Balaban J connectivity index is 0.961. The summed E-state index contributed by atoms with van der Waals surface area (Å²) in [6, 6.07) is 85.0. The Morgan fingerprint density at radius 2 is 0.828 bits per heavy atom. The van der Waals surface area contributed by atoms with Crippen molar-refractivity contribution in [2.24, 2.45) is 0 Å². The number of benzene rings is 10. The Bertz CT molecular complexity index is 3520. The summed E-state index contributed by atoms with van der Waals surface area (Å²) in [7, 11) is 0. The molecule has 1 aromatic heterocycles. The molecule has 64 heavy (non-hydrogen) atoms. The van der Waals surface area contributed by atoms with Crippen LogP contribution < -0.4 is 9.64 Å². The van der Waals surface area contributed by atoms with Gasteiger partial charge < -0.3 is 14.1 Å². The highest BCUT2D eigenvalue weighted by atomic mass is 16.5. The predicted octanol–water partition coefficient (Wildman–Crippen LogP) is 16.5. The van der Waals surface area contributed by atoms with Crippen LogP contribution in [-0.4, -0.2) is 0 Å². The van der Waals surface area contributed by atoms with E-state index in [-0.39, 0.29) is 0 Å². The molecule has 1 aliphatic carbocycles. The molecule has 11 aromatic rings. The number of fused-ring (bicyclic) bond motifs is 12. The molecule has 300 valence electrons. The molecule has 0 atom stereocenters. The molecule has 0 unspecified atom stereocenters. The summed E-state index contributed by atoms with van der Waals surface area (Å²) < 4.78 is 13.2. The fourth-order valence-electron chi connectivity index (χ4n) is 10.5. The maximum Gasteiger partial charge on any atom is 0.143 e. The zero-order chi connectivity index (χ0) is 42.2. The van der Waals surface area contributed by atoms with E-state index in [0.717, 1.165) is 83.9 Å². The SMILES string of the molecule is c1ccc(-c2ccc(N(c3ccc(-c4ccc5oc6c(-c7ccccc7)cccc6c5c4)cc3)c3ccc4c(c3)C3(c5ccccc5Oc5ccccc53)c3ccccc3-4)cc2)cc1. The second kappa shape index (κ2) is 14.3. The molecule has 1 aliphatic heterocycles. The van der Waals surface area contributed by atoms with Crippen molar-refractivity contribution in [1.82, 2.24) is 0 Å². The van der Waals surface area contributed by atoms with Crippen molar-refractivity contribution in [3.8, 4) is 56.0 Å². The number of rotatable bonds is 6. The van der Waals surface area contributed by atoms with Gasteiger partial charge in [-0.25, -0.2) is 0 Å². The molecule has 0 saturated heterocycles. The van der Waals surface area contributed by atoms with Gasteiger partial charge in [0.1, 0.15) is 22.7 Å². The summed E-state index contributed by atoms with van der Waals surface area (Å²) in [6.45, 7) is 0. The highest BCUT2D eigenvalue weighted by Gasteiger charge is 2.51. The molecule has 0 saturated carbocycles. The first-order valence-electron chi connectivity index (χ1n) is 21.9. The van der Waals surface area contributed by atoms with Crippen LogP contribution in [0.25, 0.3) is 66.4 Å². The Kier molecular flexibility index (Phi) is 8.13. The monoisotopic (exact) mass is 817 g/mol. The lowest BCUT2D eigenvalue weighted by atomic mass is 9.66. The van der Waals surface area contributed by atoms with E-state index in [1.54, 1.807) is 0 Å². The molecule has 2 aliphatic rings. The Labute approximate surface area is 371 Å². The third kappa shape index (κ3) is 5.47. The standard InChI is InChI=1S/C61H39NO2/c1-3-14-40(15-4-1)41-26-31-45(32-27-41)62(46-33-28-42(29-34-46)44-30-37-57-52(38-44)51-20-13-19-48(60(51)64-57)43-16-5-2-6-17-43)47-35-36-50-49-18-7-8-21-53(49)61(56(50)39-47)54-22-9-11-24-58(54)63-59-25-12-10-23-55(59)61/h1-39H. The Morgan fingerprint density at radius 3 is 1.52 bits per heavy atom. The van der Waals surface area contributed by atoms with Crippen molar-refractivity contribution < 1.29 is 9.15 Å². The van der Waals surface area contributed by atoms with Crippen LogP contribution >= 0.6 is 0 Å². The summed E-state index contributed by atoms with van der Waals surface area (Å²) in [6.07, 6.45) is 0. The third-order valence-corrected chi connectivity index (χ3v) is 13.4. The first-order valence-corrected chi connectivity index (χ1v) is 21.9. The van der Waals surface area contributed by atoms with Crippen molar-refractivity contribution in [1.29, 1.82) is 0 Å². The van der Waals surface area contributed by atoms with Gasteiger partial charge in [0, 0.05) is 44.5 Å². The summed E-state index contributed by atoms with van der Waals surface area (Å²) in [4.78, 5) is 2.39. The second-order valence-electron chi connectivity index (χ2n) is 16.8. The lowest BCUT2D eigenvalue weighted by Crippen LogP contribution is -2.32. The molecular weight excluding hydrogens is 779 g/mol. The number of ether oxygens (including phenoxy) is 1. The van der Waals surface area contributed by atoms with Crippen LogP contribution in [0.2, 0.25) is 0 Å². The quantitative estimate of drug-likeness (QED) is 0.167. The number of hydrogen-bond donors (Lipinski definition) is 0. The maximum atomic E-state index is 6.65. The van der Waals surface area contributed by atoms with Crippen molar-refractivity contribution in [3.63, 3.8) is 0 Å². The largest absolute Gasteiger partial charge is 0.457 e. The topological polar surface area (TPSA) is 25.6 Å². The second-order valence-corrected chi connectivity index (χ2v) is 16.8. The zero-order valence-electron chi connectivity index (χ0n) is 34.8. The lowest BCUT2D eigenvalue weighted by molar-refractivity contribution is 0.436. The Hall–Kier alpha value is -8.40. The fourth-order valence-corrected chi connectivity index (χ4v) is 10.5. The van der Waals surface area contributed by atoms with E-state index in [1.165, 1.54) is 33.4 Å². The van der Waals surface area contributed by atoms with Gasteiger partial charge in [0.05, 0.1) is 5.41 Å². The Morgan fingerprint density at radius 1 is 0.312 bits per heavy atom. The minimum absolute atomic E-state index is 0.572. The van der Waals surface area contributed by atoms with Gasteiger partial charge in [-0.2, -0.15) is 0 Å². The van der Waals surface area contributed by atoms with Crippen LogP contribution in [-0.2, 0) is 5.41 Å². The number of hydrogen-bond acceptors (Lipinski definition) is 3. The van der Waals surface area contributed by atoms with Crippen molar-refractivity contribution in [3.05, 3.63) is 259 Å². The van der Waals surface area contributed by atoms with Crippen molar-refractivity contribution in [2.75, 3.05) is 4.90 Å². The summed E-state index contributed by atoms with van der Waals surface area (Å²) in [5, 5.41) is 2.23. The van der Waals surface area contributed by atoms with Crippen LogP contribution in [0, 0.1) is 0 Å². The molecule has 0 bridgehead atoms. The van der Waals surface area contributed by atoms with E-state index in [9.17, 15) is 0 Å². The molecule has 0 N–H and O–H groups in total. The smallest absolute Gasteiger partial charge is 0.143 e. The summed E-state index contributed by atoms with van der Waals surface area (Å²) in [5.74, 6) is 1.77. The van der Waals surface area contributed by atoms with E-state index in [1.807, 2.05) is 6.07 Å². The molecule has 2 heterocycles. The van der Waals surface area contributed by atoms with Crippen molar-refractivity contribution in [2.45, 2.75) is 5.41 Å². The maximum absolute atomic E-state index is 6.65.